The number of hydrogen-bond acceptors (Lipinski definition) is 3. The molecule has 0 aromatic heterocycles. The van der Waals surface area contributed by atoms with Crippen LogP contribution in [0.1, 0.15) is 38.5 Å². The molecule has 80 valence electrons. The Balaban J connectivity index is 2.03. The third-order valence-electron chi connectivity index (χ3n) is 4.01. The number of hydrogen-bond donors (Lipinski definition) is 1. The number of carbonyl (C=O) groups excluding carboxylic acids is 1. The summed E-state index contributed by atoms with van der Waals surface area (Å²) < 4.78 is 4.75. The number of aliphatic hydroxyl groups excluding tert-OH is 1. The van der Waals surface area contributed by atoms with Gasteiger partial charge in [-0.25, -0.2) is 0 Å². The van der Waals surface area contributed by atoms with Crippen LogP contribution in [0.3, 0.4) is 0 Å². The monoisotopic (exact) mass is 198 g/mol. The summed E-state index contributed by atoms with van der Waals surface area (Å²) in [7, 11) is 1.40. The molecular weight excluding hydrogens is 180 g/mol. The number of carbonyl (C=O) groups is 1. The van der Waals surface area contributed by atoms with Crippen LogP contribution in [0.15, 0.2) is 0 Å². The van der Waals surface area contributed by atoms with Crippen LogP contribution in [0.5, 0.6) is 0 Å². The van der Waals surface area contributed by atoms with Gasteiger partial charge in [0.1, 0.15) is 0 Å². The average Bonchev–Trinajstić information content (AvgIpc) is 2.62. The van der Waals surface area contributed by atoms with E-state index in [0.29, 0.717) is 5.41 Å². The predicted molar refractivity (Wildman–Crippen MR) is 51.7 cm³/mol. The second kappa shape index (κ2) is 3.23. The topological polar surface area (TPSA) is 46.5 Å². The Kier molecular flexibility index (Phi) is 2.30. The fourth-order valence-electron chi connectivity index (χ4n) is 3.40. The molecule has 3 nitrogen and oxygen atoms in total. The third kappa shape index (κ3) is 1.26. The summed E-state index contributed by atoms with van der Waals surface area (Å²) >= 11 is 0. The average molecular weight is 198 g/mol. The number of aliphatic hydroxyl groups is 1. The molecule has 2 aliphatic carbocycles. The van der Waals surface area contributed by atoms with Gasteiger partial charge < -0.3 is 9.84 Å². The second-order valence-corrected chi connectivity index (χ2v) is 4.99. The van der Waals surface area contributed by atoms with Gasteiger partial charge in [0.2, 0.25) is 0 Å². The molecule has 0 saturated heterocycles. The molecule has 3 heteroatoms. The van der Waals surface area contributed by atoms with Gasteiger partial charge in [-0.05, 0) is 31.1 Å². The number of esters is 1. The molecule has 1 spiro atoms. The van der Waals surface area contributed by atoms with Gasteiger partial charge in [-0.2, -0.15) is 0 Å². The summed E-state index contributed by atoms with van der Waals surface area (Å²) in [6.07, 6.45) is 6.69. The van der Waals surface area contributed by atoms with Gasteiger partial charge in [-0.3, -0.25) is 4.79 Å². The highest BCUT2D eigenvalue weighted by Crippen LogP contribution is 2.62. The third-order valence-corrected chi connectivity index (χ3v) is 4.01. The first-order valence-corrected chi connectivity index (χ1v) is 5.36. The van der Waals surface area contributed by atoms with E-state index in [2.05, 4.69) is 0 Å². The van der Waals surface area contributed by atoms with Crippen LogP contribution in [0, 0.1) is 10.8 Å². The quantitative estimate of drug-likeness (QED) is 0.684. The van der Waals surface area contributed by atoms with E-state index in [1.54, 1.807) is 0 Å². The number of rotatable bonds is 2. The van der Waals surface area contributed by atoms with Crippen molar-refractivity contribution in [2.24, 2.45) is 10.8 Å². The largest absolute Gasteiger partial charge is 0.469 e. The van der Waals surface area contributed by atoms with E-state index in [9.17, 15) is 9.90 Å². The Morgan fingerprint density at radius 1 is 1.36 bits per heavy atom. The van der Waals surface area contributed by atoms with E-state index < -0.39 is 5.41 Å². The summed E-state index contributed by atoms with van der Waals surface area (Å²) in [5.41, 5.74) is -0.185. The highest BCUT2D eigenvalue weighted by molar-refractivity contribution is 5.78. The highest BCUT2D eigenvalue weighted by Gasteiger charge is 2.59. The smallest absolute Gasteiger partial charge is 0.314 e. The molecule has 0 heterocycles. The van der Waals surface area contributed by atoms with E-state index in [1.165, 1.54) is 32.8 Å². The summed E-state index contributed by atoms with van der Waals surface area (Å²) in [4.78, 5) is 11.5. The molecule has 0 radical (unpaired) electrons. The van der Waals surface area contributed by atoms with Gasteiger partial charge >= 0.3 is 5.97 Å². The zero-order valence-electron chi connectivity index (χ0n) is 8.71. The number of methoxy groups -OCH3 is 1. The van der Waals surface area contributed by atoms with Crippen LogP contribution in [0.2, 0.25) is 0 Å². The Morgan fingerprint density at radius 2 is 1.93 bits per heavy atom. The first kappa shape index (κ1) is 9.97. The molecule has 2 fully saturated rings. The first-order chi connectivity index (χ1) is 6.66. The van der Waals surface area contributed by atoms with Crippen LogP contribution < -0.4 is 0 Å². The van der Waals surface area contributed by atoms with Crippen molar-refractivity contribution < 1.29 is 14.6 Å². The fourth-order valence-corrected chi connectivity index (χ4v) is 3.40. The molecule has 2 saturated carbocycles. The van der Waals surface area contributed by atoms with E-state index in [1.807, 2.05) is 0 Å². The molecule has 0 unspecified atom stereocenters. The molecule has 0 bridgehead atoms. The van der Waals surface area contributed by atoms with Crippen molar-refractivity contribution in [1.82, 2.24) is 0 Å². The van der Waals surface area contributed by atoms with Crippen molar-refractivity contribution in [3.8, 4) is 0 Å². The summed E-state index contributed by atoms with van der Waals surface area (Å²) in [5, 5.41) is 9.28. The fraction of sp³-hybridized carbons (Fsp3) is 0.909. The summed E-state index contributed by atoms with van der Waals surface area (Å²) in [5.74, 6) is -0.225. The second-order valence-electron chi connectivity index (χ2n) is 4.99. The maximum Gasteiger partial charge on any atom is 0.314 e. The maximum atomic E-state index is 11.5. The predicted octanol–water partition coefficient (Wildman–Crippen LogP) is 1.49. The lowest BCUT2D eigenvalue weighted by Crippen LogP contribution is -2.52. The minimum Gasteiger partial charge on any atom is -0.469 e. The lowest BCUT2D eigenvalue weighted by atomic mass is 9.52. The molecule has 2 aliphatic rings. The van der Waals surface area contributed by atoms with Crippen molar-refractivity contribution in [3.05, 3.63) is 0 Å². The lowest BCUT2D eigenvalue weighted by molar-refractivity contribution is -0.175. The Bertz CT molecular complexity index is 233. The molecule has 2 rings (SSSR count). The van der Waals surface area contributed by atoms with E-state index in [4.69, 9.17) is 4.74 Å². The van der Waals surface area contributed by atoms with Crippen LogP contribution >= 0.6 is 0 Å². The highest BCUT2D eigenvalue weighted by atomic mass is 16.5. The zero-order chi connectivity index (χ0) is 10.2. The molecule has 0 amide bonds. The number of ether oxygens (including phenoxy) is 1. The normalized spacial score (nSPS) is 27.3. The maximum absolute atomic E-state index is 11.5. The van der Waals surface area contributed by atoms with E-state index in [0.717, 1.165) is 12.8 Å². The SMILES string of the molecule is COC(=O)C1(CO)CC2(CCCC2)C1. The summed E-state index contributed by atoms with van der Waals surface area (Å²) in [6, 6.07) is 0. The van der Waals surface area contributed by atoms with Gasteiger partial charge in [-0.1, -0.05) is 12.8 Å². The van der Waals surface area contributed by atoms with Crippen LogP contribution in [0.25, 0.3) is 0 Å². The van der Waals surface area contributed by atoms with Crippen LogP contribution in [-0.2, 0) is 9.53 Å². The van der Waals surface area contributed by atoms with Crippen LogP contribution in [0.4, 0.5) is 0 Å². The molecule has 0 aromatic carbocycles. The Labute approximate surface area is 84.4 Å². The van der Waals surface area contributed by atoms with Gasteiger partial charge in [0, 0.05) is 0 Å². The molecule has 1 N–H and O–H groups in total. The van der Waals surface area contributed by atoms with Crippen LogP contribution in [-0.4, -0.2) is 24.8 Å². The van der Waals surface area contributed by atoms with E-state index in [-0.39, 0.29) is 12.6 Å². The first-order valence-electron chi connectivity index (χ1n) is 5.36. The van der Waals surface area contributed by atoms with E-state index >= 15 is 0 Å². The van der Waals surface area contributed by atoms with Crippen molar-refractivity contribution in [1.29, 1.82) is 0 Å². The molecule has 0 aromatic rings. The van der Waals surface area contributed by atoms with Crippen molar-refractivity contribution >= 4 is 5.97 Å². The van der Waals surface area contributed by atoms with Gasteiger partial charge in [-0.15, -0.1) is 0 Å². The summed E-state index contributed by atoms with van der Waals surface area (Å²) in [6.45, 7) is -0.0541. The van der Waals surface area contributed by atoms with Crippen molar-refractivity contribution in [2.75, 3.05) is 13.7 Å². The standard InChI is InChI=1S/C11H18O3/c1-14-9(13)11(8-12)6-10(7-11)4-2-3-5-10/h12H,2-8H2,1H3. The lowest BCUT2D eigenvalue weighted by Gasteiger charge is -2.52. The Morgan fingerprint density at radius 3 is 2.36 bits per heavy atom. The van der Waals surface area contributed by atoms with Gasteiger partial charge in [0.05, 0.1) is 19.1 Å². The zero-order valence-corrected chi connectivity index (χ0v) is 8.71. The minimum atomic E-state index is -0.556. The molecule has 0 atom stereocenters. The molecular formula is C11H18O3. The van der Waals surface area contributed by atoms with Crippen molar-refractivity contribution in [3.63, 3.8) is 0 Å². The molecule has 14 heavy (non-hydrogen) atoms. The Hall–Kier alpha value is -0.570. The molecule has 0 aliphatic heterocycles. The van der Waals surface area contributed by atoms with Gasteiger partial charge in [0.25, 0.3) is 0 Å². The van der Waals surface area contributed by atoms with Gasteiger partial charge in [0.15, 0.2) is 0 Å². The van der Waals surface area contributed by atoms with Crippen molar-refractivity contribution in [2.45, 2.75) is 38.5 Å². The minimum absolute atomic E-state index is 0.0541.